The Balaban J connectivity index is 1.91. The Morgan fingerprint density at radius 1 is 0.958 bits per heavy atom. The number of carbonyl (C=O) groups excluding carboxylic acids is 1. The van der Waals surface area contributed by atoms with E-state index in [-0.39, 0.29) is 5.91 Å². The predicted octanol–water partition coefficient (Wildman–Crippen LogP) is 4.41. The fourth-order valence-corrected chi connectivity index (χ4v) is 3.15. The minimum absolute atomic E-state index is 0.164. The van der Waals surface area contributed by atoms with E-state index in [1.807, 2.05) is 60.7 Å². The summed E-state index contributed by atoms with van der Waals surface area (Å²) in [5, 5.41) is 11.7. The maximum atomic E-state index is 13.0. The molecule has 3 aromatic carbocycles. The predicted molar refractivity (Wildman–Crippen MR) is 95.6 cm³/mol. The van der Waals surface area contributed by atoms with E-state index in [0.717, 1.165) is 22.0 Å². The van der Waals surface area contributed by atoms with Crippen molar-refractivity contribution in [3.63, 3.8) is 0 Å². The van der Waals surface area contributed by atoms with Crippen LogP contribution in [0.2, 0.25) is 0 Å². The summed E-state index contributed by atoms with van der Waals surface area (Å²) in [5.74, 6) is -0.164. The van der Waals surface area contributed by atoms with Gasteiger partial charge in [0.15, 0.2) is 0 Å². The number of nitriles is 1. The van der Waals surface area contributed by atoms with Crippen LogP contribution < -0.4 is 4.90 Å². The van der Waals surface area contributed by atoms with Crippen molar-refractivity contribution in [2.24, 2.45) is 0 Å². The van der Waals surface area contributed by atoms with Gasteiger partial charge in [-0.25, -0.2) is 0 Å². The first-order valence-corrected chi connectivity index (χ1v) is 7.78. The molecule has 1 amide bonds. The summed E-state index contributed by atoms with van der Waals surface area (Å²) in [6, 6.07) is 22.7. The smallest absolute Gasteiger partial charge is 0.259 e. The number of hydrogen-bond donors (Lipinski definition) is 0. The minimum Gasteiger partial charge on any atom is -0.288 e. The summed E-state index contributed by atoms with van der Waals surface area (Å²) in [6.45, 7) is 0. The summed E-state index contributed by atoms with van der Waals surface area (Å²) < 4.78 is 0. The van der Waals surface area contributed by atoms with Gasteiger partial charge >= 0.3 is 0 Å². The number of fused-ring (bicyclic) bond motifs is 3. The summed E-state index contributed by atoms with van der Waals surface area (Å²) in [7, 11) is 0. The van der Waals surface area contributed by atoms with Gasteiger partial charge in [0.05, 0.1) is 11.8 Å². The Morgan fingerprint density at radius 2 is 1.71 bits per heavy atom. The SMILES string of the molecule is N#C[C@@H]1C=Cc2c(ccc3ccccc23)N1C(=O)c1ccccc1. The van der Waals surface area contributed by atoms with Gasteiger partial charge in [-0.05, 0) is 35.0 Å². The van der Waals surface area contributed by atoms with E-state index in [1.54, 1.807) is 23.1 Å². The molecule has 1 aliphatic heterocycles. The molecule has 0 fully saturated rings. The Kier molecular flexibility index (Phi) is 3.36. The van der Waals surface area contributed by atoms with Crippen molar-refractivity contribution >= 4 is 28.4 Å². The number of carbonyl (C=O) groups is 1. The Morgan fingerprint density at radius 3 is 2.50 bits per heavy atom. The summed E-state index contributed by atoms with van der Waals surface area (Å²) in [6.07, 6.45) is 3.73. The highest BCUT2D eigenvalue weighted by molar-refractivity contribution is 6.11. The molecule has 0 aliphatic carbocycles. The van der Waals surface area contributed by atoms with E-state index in [1.165, 1.54) is 0 Å². The number of benzene rings is 3. The Hall–Kier alpha value is -3.38. The van der Waals surface area contributed by atoms with Crippen LogP contribution in [0.4, 0.5) is 5.69 Å². The molecule has 1 aliphatic rings. The van der Waals surface area contributed by atoms with Crippen LogP contribution in [0.15, 0.2) is 72.8 Å². The molecule has 0 aromatic heterocycles. The third kappa shape index (κ3) is 2.17. The first-order valence-electron chi connectivity index (χ1n) is 7.78. The lowest BCUT2D eigenvalue weighted by atomic mass is 9.96. The van der Waals surface area contributed by atoms with Crippen LogP contribution in [-0.2, 0) is 0 Å². The standard InChI is InChI=1S/C21H14N2O/c22-14-17-11-12-19-18-9-5-4-6-15(18)10-13-20(19)23(17)21(24)16-7-2-1-3-8-16/h1-13,17H/t17-/m0/s1. The lowest BCUT2D eigenvalue weighted by Gasteiger charge is -2.31. The molecule has 1 heterocycles. The van der Waals surface area contributed by atoms with Gasteiger partial charge < -0.3 is 0 Å². The monoisotopic (exact) mass is 310 g/mol. The molecule has 0 unspecified atom stereocenters. The normalized spacial score (nSPS) is 15.8. The van der Waals surface area contributed by atoms with E-state index in [9.17, 15) is 10.1 Å². The second-order valence-corrected chi connectivity index (χ2v) is 5.69. The van der Waals surface area contributed by atoms with Crippen molar-refractivity contribution in [1.82, 2.24) is 0 Å². The lowest BCUT2D eigenvalue weighted by molar-refractivity contribution is 0.0985. The van der Waals surface area contributed by atoms with Crippen LogP contribution in [-0.4, -0.2) is 11.9 Å². The number of nitrogens with zero attached hydrogens (tertiary/aromatic N) is 2. The van der Waals surface area contributed by atoms with Crippen LogP contribution in [0.1, 0.15) is 15.9 Å². The highest BCUT2D eigenvalue weighted by Gasteiger charge is 2.29. The zero-order chi connectivity index (χ0) is 16.5. The van der Waals surface area contributed by atoms with E-state index >= 15 is 0 Å². The van der Waals surface area contributed by atoms with Crippen LogP contribution in [0.3, 0.4) is 0 Å². The lowest BCUT2D eigenvalue weighted by Crippen LogP contribution is -2.40. The highest BCUT2D eigenvalue weighted by Crippen LogP contribution is 2.35. The molecule has 24 heavy (non-hydrogen) atoms. The molecular formula is C21H14N2O. The largest absolute Gasteiger partial charge is 0.288 e. The van der Waals surface area contributed by atoms with Crippen LogP contribution >= 0.6 is 0 Å². The van der Waals surface area contributed by atoms with Crippen molar-refractivity contribution in [2.45, 2.75) is 6.04 Å². The van der Waals surface area contributed by atoms with Crippen LogP contribution in [0.5, 0.6) is 0 Å². The average Bonchev–Trinajstić information content (AvgIpc) is 2.67. The average molecular weight is 310 g/mol. The second-order valence-electron chi connectivity index (χ2n) is 5.69. The van der Waals surface area contributed by atoms with Gasteiger partial charge in [-0.1, -0.05) is 54.6 Å². The molecule has 114 valence electrons. The maximum Gasteiger partial charge on any atom is 0.259 e. The van der Waals surface area contributed by atoms with Gasteiger partial charge in [-0.2, -0.15) is 5.26 Å². The number of anilines is 1. The van der Waals surface area contributed by atoms with Gasteiger partial charge in [0.1, 0.15) is 6.04 Å². The first kappa shape index (κ1) is 14.2. The Labute approximate surface area is 140 Å². The first-order chi connectivity index (χ1) is 11.8. The van der Waals surface area contributed by atoms with Gasteiger partial charge in [-0.3, -0.25) is 9.69 Å². The molecule has 0 bridgehead atoms. The fraction of sp³-hybridized carbons (Fsp3) is 0.0476. The number of hydrogen-bond acceptors (Lipinski definition) is 2. The van der Waals surface area contributed by atoms with E-state index in [0.29, 0.717) is 5.56 Å². The van der Waals surface area contributed by atoms with Crippen LogP contribution in [0.25, 0.3) is 16.8 Å². The summed E-state index contributed by atoms with van der Waals surface area (Å²) >= 11 is 0. The second kappa shape index (κ2) is 5.68. The molecular weight excluding hydrogens is 296 g/mol. The van der Waals surface area contributed by atoms with Crippen LogP contribution in [0, 0.1) is 11.3 Å². The Bertz CT molecular complexity index is 999. The van der Waals surface area contributed by atoms with Gasteiger partial charge in [0.2, 0.25) is 0 Å². The van der Waals surface area contributed by atoms with E-state index in [4.69, 9.17) is 0 Å². The van der Waals surface area contributed by atoms with Crippen molar-refractivity contribution in [3.05, 3.63) is 83.9 Å². The maximum absolute atomic E-state index is 13.0. The quantitative estimate of drug-likeness (QED) is 0.668. The molecule has 3 nitrogen and oxygen atoms in total. The highest BCUT2D eigenvalue weighted by atomic mass is 16.2. The third-order valence-corrected chi connectivity index (χ3v) is 4.30. The van der Waals surface area contributed by atoms with Gasteiger partial charge in [0.25, 0.3) is 5.91 Å². The zero-order valence-electron chi connectivity index (χ0n) is 12.9. The molecule has 0 spiro atoms. The van der Waals surface area contributed by atoms with Crippen molar-refractivity contribution in [1.29, 1.82) is 5.26 Å². The van der Waals surface area contributed by atoms with Crippen molar-refractivity contribution in [2.75, 3.05) is 4.90 Å². The molecule has 4 rings (SSSR count). The van der Waals surface area contributed by atoms with E-state index < -0.39 is 6.04 Å². The van der Waals surface area contributed by atoms with E-state index in [2.05, 4.69) is 6.07 Å². The summed E-state index contributed by atoms with van der Waals surface area (Å²) in [4.78, 5) is 14.6. The molecule has 3 aromatic rings. The van der Waals surface area contributed by atoms with Crippen molar-refractivity contribution in [3.8, 4) is 6.07 Å². The number of rotatable bonds is 1. The zero-order valence-corrected chi connectivity index (χ0v) is 12.9. The molecule has 3 heteroatoms. The summed E-state index contributed by atoms with van der Waals surface area (Å²) in [5.41, 5.74) is 2.33. The molecule has 0 saturated heterocycles. The fourth-order valence-electron chi connectivity index (χ4n) is 3.15. The molecule has 0 N–H and O–H groups in total. The number of amides is 1. The van der Waals surface area contributed by atoms with Gasteiger partial charge in [-0.15, -0.1) is 0 Å². The molecule has 1 atom stereocenters. The topological polar surface area (TPSA) is 44.1 Å². The molecule has 0 radical (unpaired) electrons. The van der Waals surface area contributed by atoms with Crippen molar-refractivity contribution < 1.29 is 4.79 Å². The van der Waals surface area contributed by atoms with Gasteiger partial charge in [0, 0.05) is 11.1 Å². The third-order valence-electron chi connectivity index (χ3n) is 4.30. The molecule has 0 saturated carbocycles. The minimum atomic E-state index is -0.605.